The van der Waals surface area contributed by atoms with Crippen molar-refractivity contribution in [1.29, 1.82) is 0 Å². The van der Waals surface area contributed by atoms with Crippen molar-refractivity contribution in [2.75, 3.05) is 20.3 Å². The Morgan fingerprint density at radius 2 is 2.00 bits per heavy atom. The third-order valence-electron chi connectivity index (χ3n) is 5.62. The zero-order valence-corrected chi connectivity index (χ0v) is 12.7. The van der Waals surface area contributed by atoms with Gasteiger partial charge in [-0.05, 0) is 32.6 Å². The van der Waals surface area contributed by atoms with Crippen molar-refractivity contribution in [3.8, 4) is 0 Å². The first kappa shape index (κ1) is 14.1. The van der Waals surface area contributed by atoms with E-state index >= 15 is 0 Å². The lowest BCUT2D eigenvalue weighted by Gasteiger charge is -2.55. The minimum absolute atomic E-state index is 0.120. The lowest BCUT2D eigenvalue weighted by molar-refractivity contribution is -0.267. The molecule has 3 aliphatic rings. The normalized spacial score (nSPS) is 36.0. The van der Waals surface area contributed by atoms with E-state index in [0.29, 0.717) is 13.2 Å². The summed E-state index contributed by atoms with van der Waals surface area (Å²) in [5.41, 5.74) is 1.93. The van der Waals surface area contributed by atoms with Gasteiger partial charge in [0.05, 0.1) is 20.3 Å². The second kappa shape index (κ2) is 4.85. The van der Waals surface area contributed by atoms with Crippen LogP contribution < -0.4 is 0 Å². The zero-order chi connectivity index (χ0) is 14.4. The number of hydrogen-bond acceptors (Lipinski definition) is 4. The van der Waals surface area contributed by atoms with Crippen molar-refractivity contribution in [2.24, 2.45) is 11.3 Å². The summed E-state index contributed by atoms with van der Waals surface area (Å²) in [6.07, 6.45) is 4.93. The minimum atomic E-state index is -0.490. The Morgan fingerprint density at radius 1 is 1.30 bits per heavy atom. The van der Waals surface area contributed by atoms with Crippen LogP contribution >= 0.6 is 0 Å². The van der Waals surface area contributed by atoms with E-state index < -0.39 is 5.79 Å². The predicted octanol–water partition coefficient (Wildman–Crippen LogP) is 2.82. The summed E-state index contributed by atoms with van der Waals surface area (Å²) < 4.78 is 17.1. The Bertz CT molecular complexity index is 447. The number of allylic oxidation sites excluding steroid dienone is 1. The van der Waals surface area contributed by atoms with Crippen molar-refractivity contribution in [1.82, 2.24) is 0 Å². The molecule has 0 aromatic rings. The van der Waals surface area contributed by atoms with Crippen LogP contribution in [-0.2, 0) is 19.0 Å². The van der Waals surface area contributed by atoms with Crippen LogP contribution in [0.2, 0.25) is 0 Å². The summed E-state index contributed by atoms with van der Waals surface area (Å²) >= 11 is 0. The van der Waals surface area contributed by atoms with E-state index in [9.17, 15) is 4.79 Å². The molecule has 1 aliphatic heterocycles. The van der Waals surface area contributed by atoms with Gasteiger partial charge in [-0.1, -0.05) is 12.5 Å². The smallest absolute Gasteiger partial charge is 0.333 e. The van der Waals surface area contributed by atoms with E-state index in [2.05, 4.69) is 13.8 Å². The van der Waals surface area contributed by atoms with Gasteiger partial charge in [-0.3, -0.25) is 0 Å². The van der Waals surface area contributed by atoms with Crippen LogP contribution in [0.25, 0.3) is 0 Å². The van der Waals surface area contributed by atoms with Crippen molar-refractivity contribution in [2.45, 2.75) is 51.7 Å². The third-order valence-corrected chi connectivity index (χ3v) is 5.62. The predicted molar refractivity (Wildman–Crippen MR) is 74.0 cm³/mol. The number of carbonyl (C=O) groups is 1. The fraction of sp³-hybridized carbons (Fsp3) is 0.812. The lowest BCUT2D eigenvalue weighted by atomic mass is 9.55. The van der Waals surface area contributed by atoms with Gasteiger partial charge in [0.1, 0.15) is 0 Å². The Balaban J connectivity index is 2.03. The Kier molecular flexibility index (Phi) is 3.41. The Hall–Kier alpha value is -0.870. The molecule has 20 heavy (non-hydrogen) atoms. The van der Waals surface area contributed by atoms with E-state index in [1.165, 1.54) is 12.7 Å². The van der Waals surface area contributed by atoms with Crippen LogP contribution in [0.3, 0.4) is 0 Å². The summed E-state index contributed by atoms with van der Waals surface area (Å²) in [6.45, 7) is 5.62. The highest BCUT2D eigenvalue weighted by Crippen LogP contribution is 2.59. The standard InChI is InChI=1S/C16H24O4/c1-11-6-8-15(2)12(13(11)14(17)18-3)5-4-7-16(15)19-9-10-20-16/h12H,4-10H2,1-3H3/t12-,15-/m1/s1. The molecule has 1 saturated heterocycles. The summed E-state index contributed by atoms with van der Waals surface area (Å²) in [7, 11) is 1.47. The van der Waals surface area contributed by atoms with E-state index in [0.717, 1.165) is 37.7 Å². The average molecular weight is 280 g/mol. The van der Waals surface area contributed by atoms with Crippen LogP contribution in [0, 0.1) is 11.3 Å². The van der Waals surface area contributed by atoms with Crippen molar-refractivity contribution < 1.29 is 19.0 Å². The van der Waals surface area contributed by atoms with Gasteiger partial charge in [0.15, 0.2) is 5.79 Å². The second-order valence-electron chi connectivity index (χ2n) is 6.50. The van der Waals surface area contributed by atoms with Gasteiger partial charge in [0.2, 0.25) is 0 Å². The van der Waals surface area contributed by atoms with Crippen molar-refractivity contribution in [3.05, 3.63) is 11.1 Å². The molecule has 2 atom stereocenters. The molecule has 0 amide bonds. The molecule has 4 nitrogen and oxygen atoms in total. The van der Waals surface area contributed by atoms with Crippen LogP contribution in [0.15, 0.2) is 11.1 Å². The number of hydrogen-bond donors (Lipinski definition) is 0. The quantitative estimate of drug-likeness (QED) is 0.693. The molecule has 1 heterocycles. The molecule has 0 bridgehead atoms. The van der Waals surface area contributed by atoms with Gasteiger partial charge in [0.25, 0.3) is 0 Å². The van der Waals surface area contributed by atoms with Crippen molar-refractivity contribution in [3.63, 3.8) is 0 Å². The molecule has 0 unspecified atom stereocenters. The molecule has 2 fully saturated rings. The number of ether oxygens (including phenoxy) is 3. The van der Waals surface area contributed by atoms with Gasteiger partial charge in [0, 0.05) is 23.3 Å². The summed E-state index contributed by atoms with van der Waals surface area (Å²) in [5.74, 6) is -0.473. The molecule has 0 N–H and O–H groups in total. The van der Waals surface area contributed by atoms with Gasteiger partial charge in [-0.2, -0.15) is 0 Å². The molecular weight excluding hydrogens is 256 g/mol. The molecule has 1 spiro atoms. The molecule has 1 saturated carbocycles. The number of carbonyl (C=O) groups excluding carboxylic acids is 1. The topological polar surface area (TPSA) is 44.8 Å². The summed E-state index contributed by atoms with van der Waals surface area (Å²) in [4.78, 5) is 12.2. The molecule has 0 aromatic carbocycles. The highest BCUT2D eigenvalue weighted by atomic mass is 16.7. The highest BCUT2D eigenvalue weighted by Gasteiger charge is 2.60. The number of fused-ring (bicyclic) bond motifs is 2. The fourth-order valence-corrected chi connectivity index (χ4v) is 4.47. The van der Waals surface area contributed by atoms with Crippen LogP contribution in [0.4, 0.5) is 0 Å². The van der Waals surface area contributed by atoms with Gasteiger partial charge < -0.3 is 14.2 Å². The monoisotopic (exact) mass is 280 g/mol. The SMILES string of the molecule is COC(=O)C1=C(C)CC[C@]2(C)[C@@H]1CCCC21OCCO1. The van der Waals surface area contributed by atoms with Crippen LogP contribution in [0.5, 0.6) is 0 Å². The van der Waals surface area contributed by atoms with Gasteiger partial charge in [-0.25, -0.2) is 4.79 Å². The molecule has 112 valence electrons. The number of rotatable bonds is 1. The van der Waals surface area contributed by atoms with Crippen LogP contribution in [-0.4, -0.2) is 32.1 Å². The van der Waals surface area contributed by atoms with Gasteiger partial charge in [-0.15, -0.1) is 0 Å². The lowest BCUT2D eigenvalue weighted by Crippen LogP contribution is -2.56. The largest absolute Gasteiger partial charge is 0.466 e. The Morgan fingerprint density at radius 3 is 2.65 bits per heavy atom. The van der Waals surface area contributed by atoms with E-state index in [1.54, 1.807) is 0 Å². The fourth-order valence-electron chi connectivity index (χ4n) is 4.47. The molecule has 0 aromatic heterocycles. The third kappa shape index (κ3) is 1.77. The maximum Gasteiger partial charge on any atom is 0.333 e. The molecule has 3 rings (SSSR count). The Labute approximate surface area is 120 Å². The first-order valence-corrected chi connectivity index (χ1v) is 7.60. The second-order valence-corrected chi connectivity index (χ2v) is 6.50. The number of esters is 1. The van der Waals surface area contributed by atoms with Crippen LogP contribution in [0.1, 0.15) is 46.0 Å². The van der Waals surface area contributed by atoms with E-state index in [1.807, 2.05) is 0 Å². The summed E-state index contributed by atoms with van der Waals surface area (Å²) in [5, 5.41) is 0. The average Bonchev–Trinajstić information content (AvgIpc) is 2.91. The minimum Gasteiger partial charge on any atom is -0.466 e. The van der Waals surface area contributed by atoms with Gasteiger partial charge >= 0.3 is 5.97 Å². The van der Waals surface area contributed by atoms with E-state index in [-0.39, 0.29) is 17.3 Å². The maximum absolute atomic E-state index is 12.2. The molecular formula is C16H24O4. The first-order chi connectivity index (χ1) is 9.54. The first-order valence-electron chi connectivity index (χ1n) is 7.60. The summed E-state index contributed by atoms with van der Waals surface area (Å²) in [6, 6.07) is 0. The maximum atomic E-state index is 12.2. The molecule has 0 radical (unpaired) electrons. The van der Waals surface area contributed by atoms with E-state index in [4.69, 9.17) is 14.2 Å². The number of methoxy groups -OCH3 is 1. The zero-order valence-electron chi connectivity index (χ0n) is 12.7. The molecule has 4 heteroatoms. The highest BCUT2D eigenvalue weighted by molar-refractivity contribution is 5.90. The van der Waals surface area contributed by atoms with Crippen molar-refractivity contribution >= 4 is 5.97 Å². The molecule has 2 aliphatic carbocycles.